The van der Waals surface area contributed by atoms with E-state index in [9.17, 15) is 0 Å². The SMILES string of the molecule is CC(C)CN1CCC(CCN)CC1. The Morgan fingerprint density at radius 2 is 1.92 bits per heavy atom. The molecule has 0 bridgehead atoms. The summed E-state index contributed by atoms with van der Waals surface area (Å²) < 4.78 is 0. The topological polar surface area (TPSA) is 29.3 Å². The van der Waals surface area contributed by atoms with Gasteiger partial charge in [-0.15, -0.1) is 0 Å². The first kappa shape index (κ1) is 11.0. The predicted octanol–water partition coefficient (Wildman–Crippen LogP) is 1.70. The van der Waals surface area contributed by atoms with Gasteiger partial charge >= 0.3 is 0 Å². The van der Waals surface area contributed by atoms with Crippen molar-refractivity contribution < 1.29 is 0 Å². The molecule has 0 unspecified atom stereocenters. The zero-order valence-corrected chi connectivity index (χ0v) is 9.13. The monoisotopic (exact) mass is 184 g/mol. The van der Waals surface area contributed by atoms with E-state index >= 15 is 0 Å². The molecule has 13 heavy (non-hydrogen) atoms. The molecule has 1 fully saturated rings. The second kappa shape index (κ2) is 5.61. The summed E-state index contributed by atoms with van der Waals surface area (Å²) in [6, 6.07) is 0. The van der Waals surface area contributed by atoms with Crippen LogP contribution in [0.1, 0.15) is 33.1 Å². The summed E-state index contributed by atoms with van der Waals surface area (Å²) in [4.78, 5) is 2.59. The minimum atomic E-state index is 0.811. The number of nitrogens with zero attached hydrogens (tertiary/aromatic N) is 1. The molecule has 2 nitrogen and oxygen atoms in total. The molecule has 0 aromatic carbocycles. The summed E-state index contributed by atoms with van der Waals surface area (Å²) in [5.74, 6) is 1.72. The summed E-state index contributed by atoms with van der Waals surface area (Å²) >= 11 is 0. The molecule has 2 heteroatoms. The Balaban J connectivity index is 2.15. The van der Waals surface area contributed by atoms with E-state index in [1.807, 2.05) is 0 Å². The van der Waals surface area contributed by atoms with E-state index in [0.717, 1.165) is 18.4 Å². The Kier molecular flexibility index (Phi) is 4.74. The summed E-state index contributed by atoms with van der Waals surface area (Å²) in [7, 11) is 0. The van der Waals surface area contributed by atoms with E-state index in [0.29, 0.717) is 0 Å². The first-order valence-corrected chi connectivity index (χ1v) is 5.64. The van der Waals surface area contributed by atoms with Crippen molar-refractivity contribution in [3.8, 4) is 0 Å². The Labute approximate surface area is 82.5 Å². The van der Waals surface area contributed by atoms with E-state index in [4.69, 9.17) is 5.73 Å². The maximum absolute atomic E-state index is 5.56. The molecule has 2 N–H and O–H groups in total. The van der Waals surface area contributed by atoms with Crippen molar-refractivity contribution in [3.63, 3.8) is 0 Å². The van der Waals surface area contributed by atoms with Crippen molar-refractivity contribution in [1.82, 2.24) is 4.90 Å². The molecule has 0 radical (unpaired) electrons. The van der Waals surface area contributed by atoms with E-state index in [1.54, 1.807) is 0 Å². The van der Waals surface area contributed by atoms with Crippen LogP contribution in [0.3, 0.4) is 0 Å². The van der Waals surface area contributed by atoms with Crippen LogP contribution in [0.15, 0.2) is 0 Å². The van der Waals surface area contributed by atoms with Crippen molar-refractivity contribution >= 4 is 0 Å². The van der Waals surface area contributed by atoms with E-state index in [1.165, 1.54) is 38.9 Å². The van der Waals surface area contributed by atoms with Gasteiger partial charge in [-0.2, -0.15) is 0 Å². The molecule has 0 aliphatic carbocycles. The van der Waals surface area contributed by atoms with E-state index in [2.05, 4.69) is 18.7 Å². The fraction of sp³-hybridized carbons (Fsp3) is 1.00. The minimum Gasteiger partial charge on any atom is -0.330 e. The molecule has 0 aromatic rings. The lowest BCUT2D eigenvalue weighted by atomic mass is 9.93. The van der Waals surface area contributed by atoms with Gasteiger partial charge in [0, 0.05) is 6.54 Å². The number of rotatable bonds is 4. The summed E-state index contributed by atoms with van der Waals surface area (Å²) in [5.41, 5.74) is 5.56. The number of piperidine rings is 1. The second-order valence-electron chi connectivity index (χ2n) is 4.72. The highest BCUT2D eigenvalue weighted by Crippen LogP contribution is 2.20. The summed E-state index contributed by atoms with van der Waals surface area (Å²) in [6.45, 7) is 9.33. The molecule has 1 rings (SSSR count). The highest BCUT2D eigenvalue weighted by Gasteiger charge is 2.18. The van der Waals surface area contributed by atoms with Crippen LogP contribution in [-0.4, -0.2) is 31.1 Å². The van der Waals surface area contributed by atoms with E-state index in [-0.39, 0.29) is 0 Å². The Morgan fingerprint density at radius 3 is 2.38 bits per heavy atom. The highest BCUT2D eigenvalue weighted by atomic mass is 15.1. The molecule has 1 heterocycles. The molecule has 0 atom stereocenters. The van der Waals surface area contributed by atoms with Crippen LogP contribution in [0, 0.1) is 11.8 Å². The van der Waals surface area contributed by atoms with Gasteiger partial charge < -0.3 is 10.6 Å². The third-order valence-electron chi connectivity index (χ3n) is 2.91. The smallest absolute Gasteiger partial charge is 0.000439 e. The van der Waals surface area contributed by atoms with Gasteiger partial charge in [0.05, 0.1) is 0 Å². The molecule has 0 saturated carbocycles. The van der Waals surface area contributed by atoms with Crippen molar-refractivity contribution in [3.05, 3.63) is 0 Å². The van der Waals surface area contributed by atoms with Crippen molar-refractivity contribution in [2.24, 2.45) is 17.6 Å². The van der Waals surface area contributed by atoms with E-state index < -0.39 is 0 Å². The molecule has 1 saturated heterocycles. The van der Waals surface area contributed by atoms with Gasteiger partial charge in [0.2, 0.25) is 0 Å². The Hall–Kier alpha value is -0.0800. The molecule has 0 spiro atoms. The predicted molar refractivity (Wildman–Crippen MR) is 57.7 cm³/mol. The van der Waals surface area contributed by atoms with Gasteiger partial charge in [-0.05, 0) is 50.7 Å². The van der Waals surface area contributed by atoms with Gasteiger partial charge in [-0.3, -0.25) is 0 Å². The minimum absolute atomic E-state index is 0.811. The number of hydrogen-bond acceptors (Lipinski definition) is 2. The third-order valence-corrected chi connectivity index (χ3v) is 2.91. The van der Waals surface area contributed by atoms with Gasteiger partial charge in [-0.25, -0.2) is 0 Å². The molecule has 1 aliphatic heterocycles. The fourth-order valence-corrected chi connectivity index (χ4v) is 2.21. The molecule has 78 valence electrons. The Morgan fingerprint density at radius 1 is 1.31 bits per heavy atom. The molecule has 0 aromatic heterocycles. The molecule has 0 amide bonds. The van der Waals surface area contributed by atoms with Gasteiger partial charge in [0.25, 0.3) is 0 Å². The first-order chi connectivity index (χ1) is 6.22. The summed E-state index contributed by atoms with van der Waals surface area (Å²) in [6.07, 6.45) is 3.96. The average molecular weight is 184 g/mol. The highest BCUT2D eigenvalue weighted by molar-refractivity contribution is 4.72. The van der Waals surface area contributed by atoms with Crippen molar-refractivity contribution in [2.45, 2.75) is 33.1 Å². The standard InChI is InChI=1S/C11H24N2/c1-10(2)9-13-7-4-11(3-6-12)5-8-13/h10-11H,3-9,12H2,1-2H3. The average Bonchev–Trinajstić information content (AvgIpc) is 2.08. The fourth-order valence-electron chi connectivity index (χ4n) is 2.21. The molecular weight excluding hydrogens is 160 g/mol. The molecule has 1 aliphatic rings. The largest absolute Gasteiger partial charge is 0.330 e. The van der Waals surface area contributed by atoms with Crippen LogP contribution < -0.4 is 5.73 Å². The number of nitrogens with two attached hydrogens (primary N) is 1. The van der Waals surface area contributed by atoms with Crippen LogP contribution in [0.25, 0.3) is 0 Å². The number of likely N-dealkylation sites (tertiary alicyclic amines) is 1. The zero-order chi connectivity index (χ0) is 9.68. The van der Waals surface area contributed by atoms with Gasteiger partial charge in [0.1, 0.15) is 0 Å². The maximum atomic E-state index is 5.56. The normalized spacial score (nSPS) is 21.2. The lowest BCUT2D eigenvalue weighted by molar-refractivity contribution is 0.164. The van der Waals surface area contributed by atoms with Crippen LogP contribution in [0.2, 0.25) is 0 Å². The number of hydrogen-bond donors (Lipinski definition) is 1. The van der Waals surface area contributed by atoms with Crippen LogP contribution in [0.4, 0.5) is 0 Å². The van der Waals surface area contributed by atoms with Gasteiger partial charge in [-0.1, -0.05) is 13.8 Å². The summed E-state index contributed by atoms with van der Waals surface area (Å²) in [5, 5.41) is 0. The zero-order valence-electron chi connectivity index (χ0n) is 9.13. The third kappa shape index (κ3) is 4.10. The second-order valence-corrected chi connectivity index (χ2v) is 4.72. The van der Waals surface area contributed by atoms with Crippen molar-refractivity contribution in [1.29, 1.82) is 0 Å². The lowest BCUT2D eigenvalue weighted by Crippen LogP contribution is -2.36. The maximum Gasteiger partial charge on any atom is 0.000439 e. The van der Waals surface area contributed by atoms with Crippen LogP contribution >= 0.6 is 0 Å². The molecular formula is C11H24N2. The first-order valence-electron chi connectivity index (χ1n) is 5.64. The Bertz CT molecular complexity index is 126. The lowest BCUT2D eigenvalue weighted by Gasteiger charge is -2.32. The van der Waals surface area contributed by atoms with Crippen molar-refractivity contribution in [2.75, 3.05) is 26.2 Å². The quantitative estimate of drug-likeness (QED) is 0.720. The van der Waals surface area contributed by atoms with Crippen LogP contribution in [-0.2, 0) is 0 Å². The van der Waals surface area contributed by atoms with Gasteiger partial charge in [0.15, 0.2) is 0 Å². The van der Waals surface area contributed by atoms with Crippen LogP contribution in [0.5, 0.6) is 0 Å².